The maximum absolute atomic E-state index is 13.0. The van der Waals surface area contributed by atoms with Crippen LogP contribution in [0, 0.1) is 0 Å². The minimum absolute atomic E-state index is 0.176. The summed E-state index contributed by atoms with van der Waals surface area (Å²) in [5.74, 6) is -1.97. The Labute approximate surface area is 590 Å². The number of likely N-dealkylation sites (N-methyl/N-ethyl adjacent to an activating group) is 1. The van der Waals surface area contributed by atoms with Crippen molar-refractivity contribution in [2.24, 2.45) is 0 Å². The van der Waals surface area contributed by atoms with Crippen molar-refractivity contribution in [1.29, 1.82) is 0 Å². The van der Waals surface area contributed by atoms with Gasteiger partial charge in [0.25, 0.3) is 6.29 Å². The molecular formula is C86H160NO8+. The number of esters is 2. The van der Waals surface area contributed by atoms with Crippen molar-refractivity contribution in [3.8, 4) is 0 Å². The molecule has 0 aliphatic rings. The van der Waals surface area contributed by atoms with Crippen molar-refractivity contribution in [3.63, 3.8) is 0 Å². The number of hydrogen-bond donors (Lipinski definition) is 1. The number of carboxylic acids is 1. The van der Waals surface area contributed by atoms with Gasteiger partial charge in [-0.05, 0) is 57.8 Å². The second kappa shape index (κ2) is 76.7. The highest BCUT2D eigenvalue weighted by Gasteiger charge is 2.25. The monoisotopic (exact) mass is 1340 g/mol. The Balaban J connectivity index is 3.96. The molecule has 0 aliphatic heterocycles. The molecule has 9 nitrogen and oxygen atoms in total. The van der Waals surface area contributed by atoms with Crippen molar-refractivity contribution in [1.82, 2.24) is 0 Å². The SMILES string of the molecule is CC/C=C\C/C=C\C/C=C\C/C=C\C/C=C\CCCCCCCCCCCCCCCCCCCCCC(=O)OC(COC(=O)CCCCCCCCCCCCCCCCCCCCCCCCCCCCCCCCCCCCC)COC(OCC[N+](C)(C)C)C(=O)O. The summed E-state index contributed by atoms with van der Waals surface area (Å²) in [5.41, 5.74) is 0. The van der Waals surface area contributed by atoms with E-state index in [4.69, 9.17) is 18.9 Å². The molecule has 2 unspecified atom stereocenters. The number of unbranched alkanes of at least 4 members (excludes halogenated alkanes) is 53. The summed E-state index contributed by atoms with van der Waals surface area (Å²) in [6.45, 7) is 4.84. The Hall–Kier alpha value is -3.01. The highest BCUT2D eigenvalue weighted by atomic mass is 16.7. The van der Waals surface area contributed by atoms with Gasteiger partial charge in [-0.1, -0.05) is 402 Å². The number of nitrogens with zero attached hydrogens (tertiary/aromatic N) is 1. The van der Waals surface area contributed by atoms with Gasteiger partial charge in [0.1, 0.15) is 13.2 Å². The second-order valence-electron chi connectivity index (χ2n) is 29.4. The van der Waals surface area contributed by atoms with Gasteiger partial charge in [-0.15, -0.1) is 0 Å². The normalized spacial score (nSPS) is 12.9. The number of carboxylic acid groups (broad SMARTS) is 1. The van der Waals surface area contributed by atoms with E-state index < -0.39 is 18.4 Å². The van der Waals surface area contributed by atoms with Crippen LogP contribution in [-0.4, -0.2) is 87.4 Å². The number of carbonyl (C=O) groups is 3. The Morgan fingerprint density at radius 2 is 0.600 bits per heavy atom. The Bertz CT molecular complexity index is 1750. The third kappa shape index (κ3) is 78.2. The number of allylic oxidation sites excluding steroid dienone is 10. The van der Waals surface area contributed by atoms with Crippen molar-refractivity contribution >= 4 is 17.9 Å². The van der Waals surface area contributed by atoms with Gasteiger partial charge in [0.15, 0.2) is 6.10 Å². The minimum Gasteiger partial charge on any atom is -0.477 e. The summed E-state index contributed by atoms with van der Waals surface area (Å²) >= 11 is 0. The van der Waals surface area contributed by atoms with E-state index >= 15 is 0 Å². The zero-order chi connectivity index (χ0) is 69.0. The molecule has 0 aromatic rings. The predicted octanol–water partition coefficient (Wildman–Crippen LogP) is 26.6. The molecule has 556 valence electrons. The standard InChI is InChI=1S/C86H159NO8/c1-6-8-10-12-14-16-18-20-22-24-26-28-30-32-34-36-38-40-42-44-46-48-50-52-54-56-58-60-62-64-66-68-70-72-74-76-83(88)93-80-82(81-94-86(85(90)91)92-79-78-87(3,4)5)95-84(89)77-75-73-71-69-67-65-63-61-59-57-55-53-51-49-47-45-43-41-39-37-35-33-31-29-27-25-23-21-19-17-15-13-11-9-7-2/h9,11,15,17,21,23,27,29,33,35,82,86H,6-8,10,12-14,16,18-20,22,24-26,28,30-32,34,36-81H2,1-5H3/p+1/b11-9-,17-15-,23-21-,29-27-,35-33-. The fraction of sp³-hybridized carbons (Fsp3) is 0.849. The molecule has 0 amide bonds. The van der Waals surface area contributed by atoms with Crippen molar-refractivity contribution < 1.29 is 42.9 Å². The van der Waals surface area contributed by atoms with Gasteiger partial charge in [-0.3, -0.25) is 9.59 Å². The first-order chi connectivity index (χ1) is 46.6. The molecule has 9 heteroatoms. The lowest BCUT2D eigenvalue weighted by atomic mass is 10.0. The molecule has 2 atom stereocenters. The fourth-order valence-corrected chi connectivity index (χ4v) is 12.5. The molecule has 0 radical (unpaired) electrons. The number of ether oxygens (including phenoxy) is 4. The quantitative estimate of drug-likeness (QED) is 0.0211. The maximum atomic E-state index is 13.0. The van der Waals surface area contributed by atoms with Crippen LogP contribution >= 0.6 is 0 Å². The summed E-state index contributed by atoms with van der Waals surface area (Å²) in [5, 5.41) is 9.78. The average molecular weight is 1340 g/mol. The van der Waals surface area contributed by atoms with Crippen LogP contribution in [-0.2, 0) is 33.3 Å². The highest BCUT2D eigenvalue weighted by molar-refractivity contribution is 5.71. The van der Waals surface area contributed by atoms with E-state index in [9.17, 15) is 19.5 Å². The van der Waals surface area contributed by atoms with Gasteiger partial charge < -0.3 is 28.5 Å². The van der Waals surface area contributed by atoms with E-state index in [1.54, 1.807) is 0 Å². The van der Waals surface area contributed by atoms with Gasteiger partial charge in [0.05, 0.1) is 34.4 Å². The van der Waals surface area contributed by atoms with E-state index in [-0.39, 0.29) is 38.2 Å². The zero-order valence-corrected chi connectivity index (χ0v) is 63.8. The molecule has 0 bridgehead atoms. The number of aliphatic carboxylic acids is 1. The van der Waals surface area contributed by atoms with Crippen LogP contribution in [0.15, 0.2) is 60.8 Å². The molecule has 0 aromatic heterocycles. The predicted molar refractivity (Wildman–Crippen MR) is 410 cm³/mol. The maximum Gasteiger partial charge on any atom is 0.361 e. The van der Waals surface area contributed by atoms with Gasteiger partial charge in [0, 0.05) is 12.8 Å². The van der Waals surface area contributed by atoms with Crippen molar-refractivity contribution in [3.05, 3.63) is 60.8 Å². The number of rotatable bonds is 78. The first-order valence-electron chi connectivity index (χ1n) is 41.5. The lowest BCUT2D eigenvalue weighted by Crippen LogP contribution is -2.40. The first kappa shape index (κ1) is 92.0. The molecule has 1 N–H and O–H groups in total. The van der Waals surface area contributed by atoms with Gasteiger partial charge in [-0.2, -0.15) is 0 Å². The van der Waals surface area contributed by atoms with Gasteiger partial charge in [0.2, 0.25) is 0 Å². The van der Waals surface area contributed by atoms with Crippen LogP contribution < -0.4 is 0 Å². The average Bonchev–Trinajstić information content (AvgIpc) is 3.58. The number of hydrogen-bond acceptors (Lipinski definition) is 7. The summed E-state index contributed by atoms with van der Waals surface area (Å²) in [4.78, 5) is 37.8. The summed E-state index contributed by atoms with van der Waals surface area (Å²) in [6.07, 6.45) is 99.7. The lowest BCUT2D eigenvalue weighted by Gasteiger charge is -2.25. The summed E-state index contributed by atoms with van der Waals surface area (Å²) < 4.78 is 23.1. The number of carbonyl (C=O) groups excluding carboxylic acids is 2. The number of quaternary nitrogens is 1. The molecular weight excluding hydrogens is 1170 g/mol. The Morgan fingerprint density at radius 1 is 0.326 bits per heavy atom. The van der Waals surface area contributed by atoms with Crippen LogP contribution in [0.2, 0.25) is 0 Å². The zero-order valence-electron chi connectivity index (χ0n) is 63.8. The smallest absolute Gasteiger partial charge is 0.361 e. The molecule has 0 aromatic carbocycles. The van der Waals surface area contributed by atoms with E-state index in [2.05, 4.69) is 74.6 Å². The van der Waals surface area contributed by atoms with E-state index in [1.807, 2.05) is 21.1 Å². The van der Waals surface area contributed by atoms with Crippen LogP contribution in [0.25, 0.3) is 0 Å². The van der Waals surface area contributed by atoms with E-state index in [0.29, 0.717) is 17.4 Å². The van der Waals surface area contributed by atoms with Crippen LogP contribution in [0.4, 0.5) is 0 Å². The van der Waals surface area contributed by atoms with E-state index in [0.717, 1.165) is 70.6 Å². The summed E-state index contributed by atoms with van der Waals surface area (Å²) in [6, 6.07) is 0. The largest absolute Gasteiger partial charge is 0.477 e. The van der Waals surface area contributed by atoms with Crippen LogP contribution in [0.3, 0.4) is 0 Å². The topological polar surface area (TPSA) is 108 Å². The van der Waals surface area contributed by atoms with Crippen molar-refractivity contribution in [2.75, 3.05) is 47.5 Å². The van der Waals surface area contributed by atoms with Crippen molar-refractivity contribution in [2.45, 2.75) is 424 Å². The van der Waals surface area contributed by atoms with Gasteiger partial charge in [-0.25, -0.2) is 4.79 Å². The molecule has 0 aliphatic carbocycles. The van der Waals surface area contributed by atoms with E-state index in [1.165, 1.54) is 315 Å². The first-order valence-corrected chi connectivity index (χ1v) is 41.5. The molecule has 0 saturated carbocycles. The third-order valence-electron chi connectivity index (χ3n) is 18.8. The Morgan fingerprint density at radius 3 is 0.895 bits per heavy atom. The molecule has 0 fully saturated rings. The summed E-state index contributed by atoms with van der Waals surface area (Å²) in [7, 11) is 6.00. The minimum atomic E-state index is -1.51. The molecule has 0 rings (SSSR count). The molecule has 0 heterocycles. The Kier molecular flexibility index (Phi) is 74.3. The fourth-order valence-electron chi connectivity index (χ4n) is 12.5. The van der Waals surface area contributed by atoms with Crippen LogP contribution in [0.5, 0.6) is 0 Å². The van der Waals surface area contributed by atoms with Gasteiger partial charge >= 0.3 is 17.9 Å². The third-order valence-corrected chi connectivity index (χ3v) is 18.8. The lowest BCUT2D eigenvalue weighted by molar-refractivity contribution is -0.870. The molecule has 0 spiro atoms. The highest BCUT2D eigenvalue weighted by Crippen LogP contribution is 2.20. The molecule has 0 saturated heterocycles. The van der Waals surface area contributed by atoms with Crippen LogP contribution in [0.1, 0.15) is 412 Å². The second-order valence-corrected chi connectivity index (χ2v) is 29.4. The molecule has 95 heavy (non-hydrogen) atoms.